The van der Waals surface area contributed by atoms with E-state index in [1.54, 1.807) is 0 Å². The molecule has 0 aliphatic heterocycles. The van der Waals surface area contributed by atoms with E-state index in [4.69, 9.17) is 15.0 Å². The summed E-state index contributed by atoms with van der Waals surface area (Å²) in [6.07, 6.45) is 8.37. The van der Waals surface area contributed by atoms with Crippen LogP contribution in [0.1, 0.15) is 58.1 Å². The number of benzene rings is 7. The normalized spacial score (nSPS) is 13.3. The van der Waals surface area contributed by atoms with Crippen molar-refractivity contribution in [3.8, 4) is 28.5 Å². The summed E-state index contributed by atoms with van der Waals surface area (Å²) in [6.45, 7) is 14.8. The van der Waals surface area contributed by atoms with Crippen molar-refractivity contribution in [1.82, 2.24) is 28.7 Å². The minimum atomic E-state index is -0.271. The second kappa shape index (κ2) is 16.2. The van der Waals surface area contributed by atoms with Gasteiger partial charge in [0.05, 0.1) is 33.1 Å². The van der Waals surface area contributed by atoms with E-state index in [9.17, 15) is 0 Å². The number of allylic oxidation sites excluding steroid dienone is 2. The van der Waals surface area contributed by atoms with Crippen molar-refractivity contribution in [1.29, 1.82) is 0 Å². The van der Waals surface area contributed by atoms with Gasteiger partial charge in [-0.25, -0.2) is 15.0 Å². The van der Waals surface area contributed by atoms with Crippen LogP contribution >= 0.6 is 0 Å². The Balaban J connectivity index is 1.28. The first-order valence-electron chi connectivity index (χ1n) is 23.0. The zero-order valence-corrected chi connectivity index (χ0v) is 37.4. The van der Waals surface area contributed by atoms with Crippen molar-refractivity contribution in [3.05, 3.63) is 195 Å². The first kappa shape index (κ1) is 40.2. The molecule has 0 fully saturated rings. The molecule has 0 aliphatic carbocycles. The van der Waals surface area contributed by atoms with Gasteiger partial charge in [-0.3, -0.25) is 0 Å². The third kappa shape index (κ3) is 6.50. The van der Waals surface area contributed by atoms with Crippen molar-refractivity contribution in [2.45, 2.75) is 58.3 Å². The Hall–Kier alpha value is -7.57. The quantitative estimate of drug-likeness (QED) is 0.109. The lowest BCUT2D eigenvalue weighted by molar-refractivity contribution is 0.426. The zero-order valence-electron chi connectivity index (χ0n) is 37.4. The Morgan fingerprint density at radius 2 is 1.03 bits per heavy atom. The lowest BCUT2D eigenvalue weighted by atomic mass is 9.83. The number of nitrogens with zero attached hydrogens (tertiary/aromatic N) is 6. The molecule has 0 spiro atoms. The first-order chi connectivity index (χ1) is 31.9. The molecule has 0 saturated carbocycles. The largest absolute Gasteiger partial charge is 0.308 e. The molecule has 65 heavy (non-hydrogen) atoms. The maximum atomic E-state index is 5.31. The number of rotatable bonds is 13. The Bertz CT molecular complexity index is 3540. The summed E-state index contributed by atoms with van der Waals surface area (Å²) < 4.78 is 7.48. The van der Waals surface area contributed by atoms with E-state index >= 15 is 0 Å². The molecule has 0 saturated heterocycles. The molecule has 7 aromatic carbocycles. The van der Waals surface area contributed by atoms with Gasteiger partial charge in [0.1, 0.15) is 11.6 Å². The van der Waals surface area contributed by atoms with Crippen LogP contribution in [0.15, 0.2) is 183 Å². The van der Waals surface area contributed by atoms with E-state index < -0.39 is 0 Å². The molecule has 2 atom stereocenters. The van der Waals surface area contributed by atoms with Crippen molar-refractivity contribution >= 4 is 65.4 Å². The van der Waals surface area contributed by atoms with Gasteiger partial charge in [-0.15, -0.1) is 13.2 Å². The van der Waals surface area contributed by atoms with Gasteiger partial charge in [-0.05, 0) is 86.2 Å². The number of para-hydroxylation sites is 5. The van der Waals surface area contributed by atoms with E-state index in [2.05, 4.69) is 205 Å². The highest BCUT2D eigenvalue weighted by Crippen LogP contribution is 2.50. The summed E-state index contributed by atoms with van der Waals surface area (Å²) in [6, 6.07) is 57.3. The second-order valence-corrected chi connectivity index (χ2v) is 17.9. The molecule has 6 heteroatoms. The van der Waals surface area contributed by atoms with Crippen LogP contribution in [0, 0.1) is 5.92 Å². The molecule has 11 aromatic rings. The third-order valence-electron chi connectivity index (χ3n) is 13.8. The van der Waals surface area contributed by atoms with E-state index in [1.807, 2.05) is 12.2 Å². The molecule has 0 aliphatic rings. The highest BCUT2D eigenvalue weighted by molar-refractivity contribution is 6.40. The fourth-order valence-corrected chi connectivity index (χ4v) is 10.3. The number of hydrogen-bond acceptors (Lipinski definition) is 3. The molecular weight excluding hydrogens is 793 g/mol. The maximum absolute atomic E-state index is 5.31. The van der Waals surface area contributed by atoms with Crippen LogP contribution in [-0.2, 0) is 11.8 Å². The van der Waals surface area contributed by atoms with Crippen LogP contribution < -0.4 is 0 Å². The molecule has 4 heterocycles. The maximum Gasteiger partial charge on any atom is 0.163 e. The topological polar surface area (TPSA) is 53.5 Å². The Labute approximate surface area is 379 Å². The standard InChI is InChI=1S/C59H52N6/c1-6-22-39(4)35-36-50-60-57(62-58(61-50)59(5,8-3)37-7-2)40-23-21-28-43(38-40)65-49-34-20-17-31-46(49)53-55-51(44-29-15-18-32-47(44)63(55)41-24-11-9-12-25-41)54-52(56(53)65)45-30-16-19-33-48(45)64(54)42-26-13-10-14-27-42/h6-7,9-21,23-34,38-39H,1-2,8,22,35-37H2,3-5H3. The molecule has 0 amide bonds. The number of aromatic nitrogens is 6. The lowest BCUT2D eigenvalue weighted by Crippen LogP contribution is -2.25. The van der Waals surface area contributed by atoms with E-state index in [0.29, 0.717) is 11.7 Å². The van der Waals surface area contributed by atoms with Gasteiger partial charge in [0, 0.05) is 66.8 Å². The minimum Gasteiger partial charge on any atom is -0.308 e. The summed E-state index contributed by atoms with van der Waals surface area (Å²) in [7, 11) is 0. The van der Waals surface area contributed by atoms with Crippen molar-refractivity contribution in [2.24, 2.45) is 5.92 Å². The Morgan fingerprint density at radius 3 is 1.52 bits per heavy atom. The van der Waals surface area contributed by atoms with Crippen LogP contribution in [-0.4, -0.2) is 28.7 Å². The smallest absolute Gasteiger partial charge is 0.163 e. The van der Waals surface area contributed by atoms with Crippen LogP contribution in [0.25, 0.3) is 93.9 Å². The van der Waals surface area contributed by atoms with Gasteiger partial charge in [-0.1, -0.05) is 136 Å². The molecule has 4 aromatic heterocycles. The third-order valence-corrected chi connectivity index (χ3v) is 13.8. The number of hydrogen-bond donors (Lipinski definition) is 0. The fourth-order valence-electron chi connectivity index (χ4n) is 10.3. The van der Waals surface area contributed by atoms with Gasteiger partial charge in [0.25, 0.3) is 0 Å². The molecule has 0 N–H and O–H groups in total. The monoisotopic (exact) mass is 844 g/mol. The van der Waals surface area contributed by atoms with Gasteiger partial charge in [0.15, 0.2) is 5.82 Å². The van der Waals surface area contributed by atoms with E-state index in [0.717, 1.165) is 82.9 Å². The summed E-state index contributed by atoms with van der Waals surface area (Å²) in [4.78, 5) is 15.7. The molecule has 11 rings (SSSR count). The van der Waals surface area contributed by atoms with Gasteiger partial charge in [-0.2, -0.15) is 0 Å². The predicted octanol–water partition coefficient (Wildman–Crippen LogP) is 15.2. The number of aryl methyl sites for hydroxylation is 1. The van der Waals surface area contributed by atoms with Crippen LogP contribution in [0.4, 0.5) is 0 Å². The molecular formula is C59H52N6. The zero-order chi connectivity index (χ0) is 44.2. The van der Waals surface area contributed by atoms with Crippen LogP contribution in [0.3, 0.4) is 0 Å². The SMILES string of the molecule is C=CCC(C)CCc1nc(-c2cccc(-n3c4ccccc4c4c5c(c6ccccc6n5-c5ccccc5)c5c(c6ccccc6n5-c5ccccc5)c43)c2)nc(C(C)(CC)CC=C)n1. The molecule has 6 nitrogen and oxygen atoms in total. The molecule has 2 unspecified atom stereocenters. The van der Waals surface area contributed by atoms with Gasteiger partial charge >= 0.3 is 0 Å². The van der Waals surface area contributed by atoms with Crippen molar-refractivity contribution < 1.29 is 0 Å². The van der Waals surface area contributed by atoms with Crippen molar-refractivity contribution in [3.63, 3.8) is 0 Å². The minimum absolute atomic E-state index is 0.271. The van der Waals surface area contributed by atoms with E-state index in [1.165, 1.54) is 48.9 Å². The first-order valence-corrected chi connectivity index (χ1v) is 23.0. The summed E-state index contributed by atoms with van der Waals surface area (Å²) >= 11 is 0. The Kier molecular flexibility index (Phi) is 10.0. The lowest BCUT2D eigenvalue weighted by Gasteiger charge is -2.26. The summed E-state index contributed by atoms with van der Waals surface area (Å²) in [5, 5.41) is 7.27. The van der Waals surface area contributed by atoms with Crippen LogP contribution in [0.5, 0.6) is 0 Å². The second-order valence-electron chi connectivity index (χ2n) is 17.9. The van der Waals surface area contributed by atoms with Crippen molar-refractivity contribution in [2.75, 3.05) is 0 Å². The molecule has 0 radical (unpaired) electrons. The Morgan fingerprint density at radius 1 is 0.554 bits per heavy atom. The summed E-state index contributed by atoms with van der Waals surface area (Å²) in [5.74, 6) is 2.84. The van der Waals surface area contributed by atoms with Gasteiger partial charge < -0.3 is 13.7 Å². The predicted molar refractivity (Wildman–Crippen MR) is 273 cm³/mol. The average Bonchev–Trinajstić information content (AvgIpc) is 4.00. The molecule has 318 valence electrons. The average molecular weight is 845 g/mol. The van der Waals surface area contributed by atoms with E-state index in [-0.39, 0.29) is 5.41 Å². The van der Waals surface area contributed by atoms with Crippen LogP contribution in [0.2, 0.25) is 0 Å². The summed E-state index contributed by atoms with van der Waals surface area (Å²) in [5.41, 5.74) is 11.0. The highest BCUT2D eigenvalue weighted by atomic mass is 15.1. The highest BCUT2D eigenvalue weighted by Gasteiger charge is 2.30. The number of fused-ring (bicyclic) bond motifs is 12. The fraction of sp³-hybridized carbons (Fsp3) is 0.169. The van der Waals surface area contributed by atoms with Gasteiger partial charge in [0.2, 0.25) is 0 Å². The molecule has 0 bridgehead atoms.